The van der Waals surface area contributed by atoms with Gasteiger partial charge in [0.05, 0.1) is 11.3 Å². The average Bonchev–Trinajstić information content (AvgIpc) is 3.09. The van der Waals surface area contributed by atoms with Gasteiger partial charge in [-0.15, -0.1) is 22.7 Å². The maximum Gasteiger partial charge on any atom is 0.267 e. The lowest BCUT2D eigenvalue weighted by Crippen LogP contribution is -2.48. The first-order valence-electron chi connectivity index (χ1n) is 5.61. The number of thiophene rings is 2. The van der Waals surface area contributed by atoms with E-state index in [4.69, 9.17) is 12.2 Å². The van der Waals surface area contributed by atoms with E-state index in [1.54, 1.807) is 17.5 Å². The zero-order chi connectivity index (χ0) is 14.4. The second-order valence-corrected chi connectivity index (χ2v) is 6.08. The number of hydrogen-bond acceptors (Lipinski definition) is 5. The Morgan fingerprint density at radius 3 is 2.50 bits per heavy atom. The molecule has 2 aromatic heterocycles. The Labute approximate surface area is 129 Å². The molecule has 0 aliphatic heterocycles. The molecule has 2 aromatic rings. The normalized spacial score (nSPS) is 9.80. The Bertz CT molecular complexity index is 594. The van der Waals surface area contributed by atoms with Crippen molar-refractivity contribution in [3.8, 4) is 0 Å². The summed E-state index contributed by atoms with van der Waals surface area (Å²) in [5.41, 5.74) is 4.93. The number of nitrogens with one attached hydrogen (secondary N) is 3. The summed E-state index contributed by atoms with van der Waals surface area (Å²) < 4.78 is 0. The number of rotatable bonds is 3. The van der Waals surface area contributed by atoms with Crippen LogP contribution in [0.1, 0.15) is 14.5 Å². The van der Waals surface area contributed by atoms with Crippen LogP contribution in [0.4, 0.5) is 0 Å². The van der Waals surface area contributed by atoms with Crippen molar-refractivity contribution in [2.45, 2.75) is 6.42 Å². The highest BCUT2D eigenvalue weighted by atomic mass is 32.1. The maximum absolute atomic E-state index is 11.7. The van der Waals surface area contributed by atoms with Gasteiger partial charge in [0.15, 0.2) is 5.11 Å². The summed E-state index contributed by atoms with van der Waals surface area (Å²) in [6.07, 6.45) is 0.270. The number of hydrogen-bond donors (Lipinski definition) is 3. The Hall–Kier alpha value is -1.77. The van der Waals surface area contributed by atoms with E-state index < -0.39 is 0 Å². The van der Waals surface area contributed by atoms with E-state index in [1.807, 2.05) is 17.5 Å². The molecule has 5 nitrogen and oxygen atoms in total. The first-order chi connectivity index (χ1) is 9.65. The summed E-state index contributed by atoms with van der Waals surface area (Å²) in [5.74, 6) is -0.523. The van der Waals surface area contributed by atoms with Crippen LogP contribution in [0.15, 0.2) is 35.0 Å². The van der Waals surface area contributed by atoms with Crippen LogP contribution in [0.2, 0.25) is 0 Å². The monoisotopic (exact) mass is 325 g/mol. The Morgan fingerprint density at radius 2 is 1.85 bits per heavy atom. The fraction of sp³-hybridized carbons (Fsp3) is 0.0833. The minimum absolute atomic E-state index is 0.0583. The molecular formula is C12H11N3O2S3. The Balaban J connectivity index is 1.72. The molecule has 0 fully saturated rings. The van der Waals surface area contributed by atoms with Crippen molar-refractivity contribution in [1.82, 2.24) is 16.2 Å². The molecule has 104 valence electrons. The SMILES string of the molecule is O=C(Cc1cccs1)NNC(=S)NC(=O)c1cccs1. The second-order valence-electron chi connectivity index (χ2n) is 3.69. The van der Waals surface area contributed by atoms with E-state index in [0.29, 0.717) is 4.88 Å². The summed E-state index contributed by atoms with van der Waals surface area (Å²) in [6.45, 7) is 0. The summed E-state index contributed by atoms with van der Waals surface area (Å²) in [5, 5.41) is 6.24. The lowest BCUT2D eigenvalue weighted by atomic mass is 10.3. The fourth-order valence-corrected chi connectivity index (χ4v) is 2.81. The topological polar surface area (TPSA) is 70.2 Å². The third-order valence-corrected chi connectivity index (χ3v) is 4.15. The predicted octanol–water partition coefficient (Wildman–Crippen LogP) is 1.69. The fourth-order valence-electron chi connectivity index (χ4n) is 1.35. The van der Waals surface area contributed by atoms with Crippen LogP contribution in [0.25, 0.3) is 0 Å². The molecule has 0 unspecified atom stereocenters. The van der Waals surface area contributed by atoms with Crippen LogP contribution >= 0.6 is 34.9 Å². The van der Waals surface area contributed by atoms with Gasteiger partial charge in [0.1, 0.15) is 0 Å². The first kappa shape index (κ1) is 14.6. The zero-order valence-electron chi connectivity index (χ0n) is 10.2. The van der Waals surface area contributed by atoms with Crippen molar-refractivity contribution in [3.63, 3.8) is 0 Å². The first-order valence-corrected chi connectivity index (χ1v) is 7.78. The number of carbonyl (C=O) groups is 2. The molecule has 0 aliphatic rings. The van der Waals surface area contributed by atoms with Crippen molar-refractivity contribution in [3.05, 3.63) is 44.8 Å². The van der Waals surface area contributed by atoms with Gasteiger partial charge in [0, 0.05) is 4.88 Å². The number of carbonyl (C=O) groups excluding carboxylic acids is 2. The molecule has 0 atom stereocenters. The average molecular weight is 325 g/mol. The number of hydrazine groups is 1. The minimum atomic E-state index is -0.301. The van der Waals surface area contributed by atoms with Crippen molar-refractivity contribution < 1.29 is 9.59 Å². The van der Waals surface area contributed by atoms with Crippen LogP contribution in [0, 0.1) is 0 Å². The van der Waals surface area contributed by atoms with Crippen molar-refractivity contribution in [2.24, 2.45) is 0 Å². The van der Waals surface area contributed by atoms with Gasteiger partial charge in [-0.05, 0) is 35.1 Å². The van der Waals surface area contributed by atoms with Crippen LogP contribution in [0.5, 0.6) is 0 Å². The van der Waals surface area contributed by atoms with E-state index in [-0.39, 0.29) is 23.3 Å². The highest BCUT2D eigenvalue weighted by Crippen LogP contribution is 2.08. The van der Waals surface area contributed by atoms with E-state index >= 15 is 0 Å². The molecule has 0 spiro atoms. The van der Waals surface area contributed by atoms with Gasteiger partial charge in [-0.2, -0.15) is 0 Å². The molecule has 2 rings (SSSR count). The van der Waals surface area contributed by atoms with E-state index in [1.165, 1.54) is 22.7 Å². The van der Waals surface area contributed by atoms with Crippen LogP contribution in [0.3, 0.4) is 0 Å². The Morgan fingerprint density at radius 1 is 1.10 bits per heavy atom. The molecular weight excluding hydrogens is 314 g/mol. The molecule has 0 radical (unpaired) electrons. The third kappa shape index (κ3) is 4.41. The summed E-state index contributed by atoms with van der Waals surface area (Å²) >= 11 is 7.74. The molecule has 3 N–H and O–H groups in total. The molecule has 0 aliphatic carbocycles. The Kier molecular flexibility index (Phi) is 5.22. The molecule has 20 heavy (non-hydrogen) atoms. The van der Waals surface area contributed by atoms with E-state index in [0.717, 1.165) is 4.88 Å². The molecule has 0 aromatic carbocycles. The molecule has 0 bridgehead atoms. The summed E-state index contributed by atoms with van der Waals surface area (Å²) in [4.78, 5) is 24.8. The lowest BCUT2D eigenvalue weighted by molar-refractivity contribution is -0.120. The summed E-state index contributed by atoms with van der Waals surface area (Å²) in [6, 6.07) is 7.23. The molecule has 2 heterocycles. The van der Waals surface area contributed by atoms with Crippen molar-refractivity contribution in [1.29, 1.82) is 0 Å². The minimum Gasteiger partial charge on any atom is -0.297 e. The molecule has 0 saturated carbocycles. The van der Waals surface area contributed by atoms with Gasteiger partial charge in [-0.1, -0.05) is 12.1 Å². The van der Waals surface area contributed by atoms with Gasteiger partial charge in [0.2, 0.25) is 5.91 Å². The molecule has 0 saturated heterocycles. The van der Waals surface area contributed by atoms with Gasteiger partial charge in [0.25, 0.3) is 5.91 Å². The smallest absolute Gasteiger partial charge is 0.267 e. The zero-order valence-corrected chi connectivity index (χ0v) is 12.7. The van der Waals surface area contributed by atoms with Gasteiger partial charge < -0.3 is 0 Å². The highest BCUT2D eigenvalue weighted by molar-refractivity contribution is 7.80. The van der Waals surface area contributed by atoms with Crippen LogP contribution in [-0.2, 0) is 11.2 Å². The molecule has 8 heteroatoms. The van der Waals surface area contributed by atoms with Gasteiger partial charge in [-0.3, -0.25) is 25.8 Å². The third-order valence-electron chi connectivity index (χ3n) is 2.20. The maximum atomic E-state index is 11.7. The standard InChI is InChI=1S/C12H11N3O2S3/c16-10(7-8-3-1-5-19-8)14-15-12(18)13-11(17)9-4-2-6-20-9/h1-6H,7H2,(H,14,16)(H2,13,15,17,18). The van der Waals surface area contributed by atoms with E-state index in [9.17, 15) is 9.59 Å². The number of amides is 2. The van der Waals surface area contributed by atoms with Crippen molar-refractivity contribution in [2.75, 3.05) is 0 Å². The highest BCUT2D eigenvalue weighted by Gasteiger charge is 2.09. The van der Waals surface area contributed by atoms with Crippen LogP contribution in [-0.4, -0.2) is 16.9 Å². The predicted molar refractivity (Wildman–Crippen MR) is 83.7 cm³/mol. The van der Waals surface area contributed by atoms with Gasteiger partial charge in [-0.25, -0.2) is 0 Å². The van der Waals surface area contributed by atoms with Gasteiger partial charge >= 0.3 is 0 Å². The largest absolute Gasteiger partial charge is 0.297 e. The van der Waals surface area contributed by atoms with Crippen LogP contribution < -0.4 is 16.2 Å². The van der Waals surface area contributed by atoms with E-state index in [2.05, 4.69) is 16.2 Å². The number of thiocarbonyl (C=S) groups is 1. The molecule has 2 amide bonds. The van der Waals surface area contributed by atoms with Crippen molar-refractivity contribution >= 4 is 51.8 Å². The lowest BCUT2D eigenvalue weighted by Gasteiger charge is -2.09. The summed E-state index contributed by atoms with van der Waals surface area (Å²) in [7, 11) is 0. The quantitative estimate of drug-likeness (QED) is 0.593. The second kappa shape index (κ2) is 7.13.